The lowest BCUT2D eigenvalue weighted by Crippen LogP contribution is -2.52. The highest BCUT2D eigenvalue weighted by Gasteiger charge is 2.29. The Bertz CT molecular complexity index is 635. The van der Waals surface area contributed by atoms with Crippen molar-refractivity contribution in [1.29, 1.82) is 0 Å². The number of aryl methyl sites for hydroxylation is 1. The van der Waals surface area contributed by atoms with E-state index in [1.165, 1.54) is 17.8 Å². The highest BCUT2D eigenvalue weighted by atomic mass is 16.6. The summed E-state index contributed by atoms with van der Waals surface area (Å²) in [6.45, 7) is 6.82. The van der Waals surface area contributed by atoms with E-state index in [0.717, 1.165) is 0 Å². The summed E-state index contributed by atoms with van der Waals surface area (Å²) in [6.07, 6.45) is 0.892. The average Bonchev–Trinajstić information content (AvgIpc) is 2.96. The number of nitrogens with zero attached hydrogens (tertiary/aromatic N) is 5. The first-order valence-electron chi connectivity index (χ1n) is 7.75. The zero-order valence-electron chi connectivity index (χ0n) is 14.0. The van der Waals surface area contributed by atoms with Crippen LogP contribution < -0.4 is 0 Å². The fourth-order valence-corrected chi connectivity index (χ4v) is 2.55. The first-order chi connectivity index (χ1) is 11.3. The van der Waals surface area contributed by atoms with E-state index < -0.39 is 11.0 Å². The minimum Gasteiger partial charge on any atom is -0.450 e. The number of aromatic nitrogens is 2. The van der Waals surface area contributed by atoms with E-state index in [-0.39, 0.29) is 23.4 Å². The average molecular weight is 339 g/mol. The molecule has 2 rings (SSSR count). The molecule has 0 spiro atoms. The molecule has 0 aromatic carbocycles. The quantitative estimate of drug-likeness (QED) is 0.597. The van der Waals surface area contributed by atoms with Crippen LogP contribution in [0.25, 0.3) is 0 Å². The topological polar surface area (TPSA) is 111 Å². The van der Waals surface area contributed by atoms with Gasteiger partial charge in [-0.1, -0.05) is 0 Å². The van der Waals surface area contributed by atoms with Gasteiger partial charge in [-0.2, -0.15) is 5.10 Å². The van der Waals surface area contributed by atoms with Gasteiger partial charge in [0.1, 0.15) is 17.9 Å². The molecule has 1 aromatic heterocycles. The van der Waals surface area contributed by atoms with Crippen LogP contribution in [0.2, 0.25) is 0 Å². The highest BCUT2D eigenvalue weighted by Crippen LogP contribution is 2.20. The molecule has 1 aromatic rings. The van der Waals surface area contributed by atoms with Gasteiger partial charge in [0.15, 0.2) is 0 Å². The molecular weight excluding hydrogens is 318 g/mol. The molecule has 1 fully saturated rings. The highest BCUT2D eigenvalue weighted by molar-refractivity contribution is 5.80. The summed E-state index contributed by atoms with van der Waals surface area (Å²) in [5.74, 6) is -0.184. The Labute approximate surface area is 139 Å². The van der Waals surface area contributed by atoms with E-state index in [4.69, 9.17) is 4.74 Å². The molecule has 0 saturated carbocycles. The van der Waals surface area contributed by atoms with Gasteiger partial charge in [0, 0.05) is 26.2 Å². The van der Waals surface area contributed by atoms with E-state index >= 15 is 0 Å². The van der Waals surface area contributed by atoms with Crippen molar-refractivity contribution in [1.82, 2.24) is 19.6 Å². The van der Waals surface area contributed by atoms with E-state index in [2.05, 4.69) is 5.10 Å². The van der Waals surface area contributed by atoms with Crippen molar-refractivity contribution in [3.05, 3.63) is 22.0 Å². The van der Waals surface area contributed by atoms with Crippen molar-refractivity contribution in [3.8, 4) is 0 Å². The summed E-state index contributed by atoms with van der Waals surface area (Å²) in [5.41, 5.74) is 0.161. The van der Waals surface area contributed by atoms with Gasteiger partial charge < -0.3 is 14.5 Å². The summed E-state index contributed by atoms with van der Waals surface area (Å²) < 4.78 is 6.25. The van der Waals surface area contributed by atoms with Crippen LogP contribution >= 0.6 is 0 Å². The van der Waals surface area contributed by atoms with Crippen LogP contribution in [0.15, 0.2) is 6.20 Å². The maximum Gasteiger partial charge on any atom is 0.409 e. The molecule has 10 nitrogen and oxygen atoms in total. The molecule has 132 valence electrons. The first kappa shape index (κ1) is 17.7. The third-order valence-corrected chi connectivity index (χ3v) is 3.96. The molecule has 2 heterocycles. The Balaban J connectivity index is 1.98. The Morgan fingerprint density at radius 2 is 1.92 bits per heavy atom. The van der Waals surface area contributed by atoms with Crippen LogP contribution in [-0.4, -0.2) is 69.3 Å². The third-order valence-electron chi connectivity index (χ3n) is 3.96. The van der Waals surface area contributed by atoms with Crippen molar-refractivity contribution < 1.29 is 19.2 Å². The summed E-state index contributed by atoms with van der Waals surface area (Å²) in [7, 11) is 0. The molecule has 0 N–H and O–H groups in total. The number of piperazine rings is 1. The van der Waals surface area contributed by atoms with E-state index in [1.807, 2.05) is 0 Å². The fraction of sp³-hybridized carbons (Fsp3) is 0.643. The summed E-state index contributed by atoms with van der Waals surface area (Å²) >= 11 is 0. The lowest BCUT2D eigenvalue weighted by molar-refractivity contribution is -0.385. The van der Waals surface area contributed by atoms with Crippen molar-refractivity contribution in [3.63, 3.8) is 0 Å². The first-order valence-corrected chi connectivity index (χ1v) is 7.75. The number of nitro groups is 1. The standard InChI is InChI=1S/C14H21N5O5/c1-4-24-14(21)17-7-5-16(6-8-17)13(20)11(3)18-9-12(19(22)23)10(2)15-18/h9,11H,4-8H2,1-3H3. The van der Waals surface area contributed by atoms with Gasteiger partial charge in [0.25, 0.3) is 0 Å². The molecule has 10 heteroatoms. The van der Waals surface area contributed by atoms with Gasteiger partial charge in [0.05, 0.1) is 11.5 Å². The maximum absolute atomic E-state index is 12.6. The molecule has 2 amide bonds. The largest absolute Gasteiger partial charge is 0.450 e. The van der Waals surface area contributed by atoms with Gasteiger partial charge in [-0.25, -0.2) is 4.79 Å². The number of carbonyl (C=O) groups excluding carboxylic acids is 2. The second-order valence-corrected chi connectivity index (χ2v) is 5.52. The van der Waals surface area contributed by atoms with Crippen molar-refractivity contribution in [2.24, 2.45) is 0 Å². The third kappa shape index (κ3) is 3.63. The Morgan fingerprint density at radius 1 is 1.33 bits per heavy atom. The minimum absolute atomic E-state index is 0.109. The smallest absolute Gasteiger partial charge is 0.409 e. The van der Waals surface area contributed by atoms with E-state index in [9.17, 15) is 19.7 Å². The predicted octanol–water partition coefficient (Wildman–Crippen LogP) is 0.961. The zero-order valence-corrected chi connectivity index (χ0v) is 14.0. The van der Waals surface area contributed by atoms with Crippen molar-refractivity contribution in [2.45, 2.75) is 26.8 Å². The van der Waals surface area contributed by atoms with Crippen molar-refractivity contribution >= 4 is 17.7 Å². The van der Waals surface area contributed by atoms with Crippen LogP contribution in [0.3, 0.4) is 0 Å². The molecule has 24 heavy (non-hydrogen) atoms. The summed E-state index contributed by atoms with van der Waals surface area (Å²) in [4.78, 5) is 37.8. The molecule has 1 unspecified atom stereocenters. The molecule has 1 atom stereocenters. The number of hydrogen-bond acceptors (Lipinski definition) is 6. The molecule has 1 aliphatic rings. The Morgan fingerprint density at radius 3 is 2.42 bits per heavy atom. The summed E-state index contributed by atoms with van der Waals surface area (Å²) in [5, 5.41) is 14.9. The lowest BCUT2D eigenvalue weighted by atomic mass is 10.2. The number of carbonyl (C=O) groups is 2. The molecular formula is C14H21N5O5. The monoisotopic (exact) mass is 339 g/mol. The van der Waals surface area contributed by atoms with Gasteiger partial charge >= 0.3 is 11.8 Å². The van der Waals surface area contributed by atoms with Gasteiger partial charge in [-0.15, -0.1) is 0 Å². The van der Waals surface area contributed by atoms with Crippen molar-refractivity contribution in [2.75, 3.05) is 32.8 Å². The molecule has 0 radical (unpaired) electrons. The normalized spacial score (nSPS) is 16.0. The van der Waals surface area contributed by atoms with Gasteiger partial charge in [-0.05, 0) is 20.8 Å². The van der Waals surface area contributed by atoms with Gasteiger partial charge in [-0.3, -0.25) is 19.6 Å². The van der Waals surface area contributed by atoms with Gasteiger partial charge in [0.2, 0.25) is 5.91 Å². The zero-order chi connectivity index (χ0) is 17.9. The van der Waals surface area contributed by atoms with E-state index in [1.54, 1.807) is 23.6 Å². The Hall–Kier alpha value is -2.65. The summed E-state index contributed by atoms with van der Waals surface area (Å²) in [6, 6.07) is -0.647. The minimum atomic E-state index is -0.647. The Kier molecular flexibility index (Phi) is 5.37. The number of rotatable bonds is 4. The number of ether oxygens (including phenoxy) is 1. The fourth-order valence-electron chi connectivity index (χ4n) is 2.55. The SMILES string of the molecule is CCOC(=O)N1CCN(C(=O)C(C)n2cc([N+](=O)[O-])c(C)n2)CC1. The van der Waals surface area contributed by atoms with Crippen LogP contribution in [0.5, 0.6) is 0 Å². The second kappa shape index (κ2) is 7.28. The predicted molar refractivity (Wildman–Crippen MR) is 83.5 cm³/mol. The maximum atomic E-state index is 12.6. The molecule has 0 bridgehead atoms. The lowest BCUT2D eigenvalue weighted by Gasteiger charge is -2.35. The number of hydrogen-bond donors (Lipinski definition) is 0. The molecule has 1 saturated heterocycles. The molecule has 1 aliphatic heterocycles. The van der Waals surface area contributed by atoms with Crippen LogP contribution in [0.4, 0.5) is 10.5 Å². The second-order valence-electron chi connectivity index (χ2n) is 5.52. The van der Waals surface area contributed by atoms with Crippen LogP contribution in [0.1, 0.15) is 25.6 Å². The van der Waals surface area contributed by atoms with E-state index in [0.29, 0.717) is 32.8 Å². The molecule has 0 aliphatic carbocycles. The number of amides is 2. The van der Waals surface area contributed by atoms with Crippen LogP contribution in [0, 0.1) is 17.0 Å². The van der Waals surface area contributed by atoms with Crippen LogP contribution in [-0.2, 0) is 9.53 Å².